The molecule has 0 unspecified atom stereocenters. The summed E-state index contributed by atoms with van der Waals surface area (Å²) in [7, 11) is 0. The Morgan fingerprint density at radius 2 is 1.73 bits per heavy atom. The van der Waals surface area contributed by atoms with Gasteiger partial charge < -0.3 is 16.0 Å². The van der Waals surface area contributed by atoms with Crippen LogP contribution in [0.2, 0.25) is 0 Å². The number of hydrogen-bond donors (Lipinski definition) is 3. The largest absolute Gasteiger partial charge is 0.356 e. The Balaban J connectivity index is 0.000000239. The average molecular weight is 304 g/mol. The molecule has 0 bridgehead atoms. The fourth-order valence-electron chi connectivity index (χ4n) is 2.00. The second kappa shape index (κ2) is 13.1. The maximum absolute atomic E-state index is 4.32. The molecule has 124 valence electrons. The molecule has 0 aromatic heterocycles. The van der Waals surface area contributed by atoms with E-state index in [0.717, 1.165) is 31.2 Å². The summed E-state index contributed by atoms with van der Waals surface area (Å²) in [6, 6.07) is 10.1. The first-order valence-electron chi connectivity index (χ1n) is 8.68. The first kappa shape index (κ1) is 18.5. The van der Waals surface area contributed by atoms with Crippen molar-refractivity contribution >= 4 is 11.6 Å². The Bertz CT molecular complexity index is 383. The lowest BCUT2D eigenvalue weighted by molar-refractivity contribution is 0.611. The summed E-state index contributed by atoms with van der Waals surface area (Å²) >= 11 is 0. The summed E-state index contributed by atoms with van der Waals surface area (Å²) in [4.78, 5) is 4.32. The van der Waals surface area contributed by atoms with Crippen LogP contribution in [-0.2, 0) is 0 Å². The number of para-hydroxylation sites is 1. The monoisotopic (exact) mass is 304 g/mol. The molecule has 1 aliphatic rings. The van der Waals surface area contributed by atoms with Crippen molar-refractivity contribution in [2.45, 2.75) is 46.0 Å². The van der Waals surface area contributed by atoms with E-state index >= 15 is 0 Å². The summed E-state index contributed by atoms with van der Waals surface area (Å²) in [5, 5.41) is 9.81. The van der Waals surface area contributed by atoms with Gasteiger partial charge in [0.05, 0.1) is 0 Å². The zero-order valence-corrected chi connectivity index (χ0v) is 14.2. The zero-order chi connectivity index (χ0) is 15.9. The molecule has 0 amide bonds. The highest BCUT2D eigenvalue weighted by Gasteiger charge is 2.02. The average Bonchev–Trinajstić information content (AvgIpc) is 2.57. The molecule has 1 aromatic rings. The van der Waals surface area contributed by atoms with E-state index in [1.54, 1.807) is 0 Å². The van der Waals surface area contributed by atoms with Crippen LogP contribution >= 0.6 is 0 Å². The molecule has 0 aliphatic carbocycles. The molecular weight excluding hydrogens is 272 g/mol. The lowest BCUT2D eigenvalue weighted by atomic mass is 10.3. The van der Waals surface area contributed by atoms with Gasteiger partial charge in [-0.05, 0) is 44.5 Å². The van der Waals surface area contributed by atoms with Gasteiger partial charge in [0.2, 0.25) is 0 Å². The summed E-state index contributed by atoms with van der Waals surface area (Å²) in [6.07, 6.45) is 6.38. The lowest BCUT2D eigenvalue weighted by Crippen LogP contribution is -2.35. The van der Waals surface area contributed by atoms with Crippen LogP contribution in [0.15, 0.2) is 35.3 Å². The topological polar surface area (TPSA) is 48.5 Å². The minimum absolute atomic E-state index is 0.887. The number of nitrogens with zero attached hydrogens (tertiary/aromatic N) is 1. The zero-order valence-electron chi connectivity index (χ0n) is 14.2. The lowest BCUT2D eigenvalue weighted by Gasteiger charge is -2.15. The normalized spacial score (nSPS) is 13.5. The highest BCUT2D eigenvalue weighted by molar-refractivity contribution is 5.93. The van der Waals surface area contributed by atoms with Crippen LogP contribution in [0.4, 0.5) is 5.69 Å². The van der Waals surface area contributed by atoms with Crippen LogP contribution in [0.25, 0.3) is 0 Å². The Labute approximate surface area is 135 Å². The molecule has 0 spiro atoms. The molecule has 4 nitrogen and oxygen atoms in total. The highest BCUT2D eigenvalue weighted by Crippen LogP contribution is 2.05. The molecule has 0 radical (unpaired) electrons. The molecule has 1 aliphatic heterocycles. The van der Waals surface area contributed by atoms with Crippen molar-refractivity contribution in [3.8, 4) is 0 Å². The van der Waals surface area contributed by atoms with Crippen molar-refractivity contribution in [1.82, 2.24) is 10.6 Å². The van der Waals surface area contributed by atoms with Crippen LogP contribution in [0.1, 0.15) is 46.0 Å². The van der Waals surface area contributed by atoms with E-state index in [1.165, 1.54) is 38.8 Å². The summed E-state index contributed by atoms with van der Waals surface area (Å²) in [6.45, 7) is 8.79. The van der Waals surface area contributed by atoms with E-state index in [1.807, 2.05) is 30.3 Å². The standard InChI is InChI=1S/C10H13N3.C8H19N/c1-2-5-9(6-3-1)13-10-11-7-4-8-12-10;1-3-5-7-9-8-6-4-2/h1-3,5-6H,4,7-8H2,(H2,11,12,13);9H,3-8H2,1-2H3. The summed E-state index contributed by atoms with van der Waals surface area (Å²) < 4.78 is 0. The van der Waals surface area contributed by atoms with Crippen molar-refractivity contribution < 1.29 is 0 Å². The molecule has 1 aromatic carbocycles. The van der Waals surface area contributed by atoms with Crippen molar-refractivity contribution in [3.63, 3.8) is 0 Å². The van der Waals surface area contributed by atoms with E-state index in [2.05, 4.69) is 34.8 Å². The Morgan fingerprint density at radius 3 is 2.27 bits per heavy atom. The predicted molar refractivity (Wildman–Crippen MR) is 97.7 cm³/mol. The number of unbranched alkanes of at least 4 members (excludes halogenated alkanes) is 2. The number of guanidine groups is 1. The second-order valence-corrected chi connectivity index (χ2v) is 5.46. The van der Waals surface area contributed by atoms with Gasteiger partial charge in [0.1, 0.15) is 0 Å². The van der Waals surface area contributed by atoms with E-state index in [0.29, 0.717) is 0 Å². The minimum Gasteiger partial charge on any atom is -0.356 e. The summed E-state index contributed by atoms with van der Waals surface area (Å²) in [5.41, 5.74) is 1.08. The van der Waals surface area contributed by atoms with E-state index in [-0.39, 0.29) is 0 Å². The van der Waals surface area contributed by atoms with Gasteiger partial charge in [0, 0.05) is 18.8 Å². The van der Waals surface area contributed by atoms with Gasteiger partial charge in [-0.1, -0.05) is 44.9 Å². The van der Waals surface area contributed by atoms with Crippen molar-refractivity contribution in [2.75, 3.05) is 31.5 Å². The fraction of sp³-hybridized carbons (Fsp3) is 0.611. The third-order valence-corrected chi connectivity index (χ3v) is 3.35. The quantitative estimate of drug-likeness (QED) is 0.674. The van der Waals surface area contributed by atoms with Crippen LogP contribution < -0.4 is 16.0 Å². The number of nitrogens with one attached hydrogen (secondary N) is 3. The molecule has 1 heterocycles. The van der Waals surface area contributed by atoms with Gasteiger partial charge >= 0.3 is 0 Å². The molecule has 3 N–H and O–H groups in total. The van der Waals surface area contributed by atoms with Gasteiger partial charge in [-0.2, -0.15) is 0 Å². The summed E-state index contributed by atoms with van der Waals surface area (Å²) in [5.74, 6) is 0.887. The molecule has 0 fully saturated rings. The van der Waals surface area contributed by atoms with Crippen LogP contribution in [0, 0.1) is 0 Å². The number of anilines is 1. The van der Waals surface area contributed by atoms with Gasteiger partial charge in [-0.3, -0.25) is 4.99 Å². The van der Waals surface area contributed by atoms with Crippen molar-refractivity contribution in [1.29, 1.82) is 0 Å². The first-order valence-corrected chi connectivity index (χ1v) is 8.68. The maximum atomic E-state index is 4.32. The van der Waals surface area contributed by atoms with Crippen LogP contribution in [-0.4, -0.2) is 32.1 Å². The van der Waals surface area contributed by atoms with E-state index in [9.17, 15) is 0 Å². The Morgan fingerprint density at radius 1 is 1.05 bits per heavy atom. The maximum Gasteiger partial charge on any atom is 0.195 e. The van der Waals surface area contributed by atoms with Crippen molar-refractivity contribution in [3.05, 3.63) is 30.3 Å². The molecule has 22 heavy (non-hydrogen) atoms. The third-order valence-electron chi connectivity index (χ3n) is 3.35. The Hall–Kier alpha value is -1.55. The molecule has 0 saturated heterocycles. The first-order chi connectivity index (χ1) is 10.9. The Kier molecular flexibility index (Phi) is 11.0. The number of rotatable bonds is 7. The molecule has 4 heteroatoms. The van der Waals surface area contributed by atoms with Gasteiger partial charge in [0.25, 0.3) is 0 Å². The number of benzene rings is 1. The van der Waals surface area contributed by atoms with Crippen LogP contribution in [0.5, 0.6) is 0 Å². The highest BCUT2D eigenvalue weighted by atomic mass is 15.2. The minimum atomic E-state index is 0.887. The van der Waals surface area contributed by atoms with Gasteiger partial charge in [-0.25, -0.2) is 0 Å². The van der Waals surface area contributed by atoms with Crippen LogP contribution in [0.3, 0.4) is 0 Å². The van der Waals surface area contributed by atoms with E-state index in [4.69, 9.17) is 0 Å². The molecule has 0 saturated carbocycles. The number of hydrogen-bond acceptors (Lipinski definition) is 4. The molecule has 0 atom stereocenters. The molecular formula is C18H32N4. The van der Waals surface area contributed by atoms with Crippen molar-refractivity contribution in [2.24, 2.45) is 4.99 Å². The smallest absolute Gasteiger partial charge is 0.195 e. The predicted octanol–water partition coefficient (Wildman–Crippen LogP) is 3.62. The number of aliphatic imine (C=N–C) groups is 1. The SMILES string of the molecule is CCCCNCCCC.c1ccc(NC2=NCCCN2)cc1. The molecule has 2 rings (SSSR count). The third kappa shape index (κ3) is 9.40. The van der Waals surface area contributed by atoms with E-state index < -0.39 is 0 Å². The van der Waals surface area contributed by atoms with Gasteiger partial charge in [0.15, 0.2) is 5.96 Å². The van der Waals surface area contributed by atoms with Gasteiger partial charge in [-0.15, -0.1) is 0 Å². The fourth-order valence-corrected chi connectivity index (χ4v) is 2.00. The second-order valence-electron chi connectivity index (χ2n) is 5.46.